The van der Waals surface area contributed by atoms with Crippen LogP contribution >= 0.6 is 11.6 Å². The molecule has 0 saturated heterocycles. The van der Waals surface area contributed by atoms with Crippen LogP contribution in [0.25, 0.3) is 0 Å². The Hall–Kier alpha value is -1.67. The second-order valence-electron chi connectivity index (χ2n) is 4.82. The third-order valence-corrected chi connectivity index (χ3v) is 3.95. The summed E-state index contributed by atoms with van der Waals surface area (Å²) in [5, 5.41) is 0.192. The van der Waals surface area contributed by atoms with Gasteiger partial charge < -0.3 is 0 Å². The lowest BCUT2D eigenvalue weighted by molar-refractivity contribution is 0.0966. The first-order valence-electron chi connectivity index (χ1n) is 6.22. The van der Waals surface area contributed by atoms with Crippen molar-refractivity contribution in [2.75, 3.05) is 0 Å². The smallest absolute Gasteiger partial charge is 0.167 e. The number of benzene rings is 2. The quantitative estimate of drug-likeness (QED) is 0.759. The van der Waals surface area contributed by atoms with Crippen LogP contribution in [-0.2, 0) is 6.42 Å². The summed E-state index contributed by atoms with van der Waals surface area (Å²) < 4.78 is 13.7. The molecule has 96 valence electrons. The molecule has 0 radical (unpaired) electrons. The highest BCUT2D eigenvalue weighted by molar-refractivity contribution is 6.34. The van der Waals surface area contributed by atoms with Crippen molar-refractivity contribution in [1.29, 1.82) is 0 Å². The number of ketones is 1. The number of carbonyl (C=O) groups is 1. The lowest BCUT2D eigenvalue weighted by Crippen LogP contribution is -2.20. The van der Waals surface area contributed by atoms with Gasteiger partial charge in [0.15, 0.2) is 5.78 Å². The first-order valence-corrected chi connectivity index (χ1v) is 6.59. The monoisotopic (exact) mass is 274 g/mol. The summed E-state index contributed by atoms with van der Waals surface area (Å²) in [5.41, 5.74) is 2.50. The molecule has 0 aliphatic heterocycles. The average Bonchev–Trinajstić information content (AvgIpc) is 2.36. The molecule has 3 heteroatoms. The topological polar surface area (TPSA) is 17.1 Å². The average molecular weight is 275 g/mol. The van der Waals surface area contributed by atoms with E-state index >= 15 is 0 Å². The van der Waals surface area contributed by atoms with Crippen LogP contribution < -0.4 is 0 Å². The standard InChI is InChI=1S/C16H12ClFO/c17-13-6-3-7-14(18)16(13)15(19)9-11-8-10-4-1-2-5-12(10)11/h1-7,11H,8-9H2. The molecule has 19 heavy (non-hydrogen) atoms. The van der Waals surface area contributed by atoms with Crippen molar-refractivity contribution in [2.24, 2.45) is 0 Å². The SMILES string of the molecule is O=C(CC1Cc2ccccc21)c1c(F)cccc1Cl. The van der Waals surface area contributed by atoms with Gasteiger partial charge in [0.05, 0.1) is 10.6 Å². The molecule has 0 spiro atoms. The Morgan fingerprint density at radius 3 is 2.74 bits per heavy atom. The van der Waals surface area contributed by atoms with E-state index in [1.54, 1.807) is 6.07 Å². The summed E-state index contributed by atoms with van der Waals surface area (Å²) >= 11 is 5.91. The number of Topliss-reactive ketones (excluding diaryl/α,β-unsaturated/α-hetero) is 1. The molecule has 0 saturated carbocycles. The molecule has 0 amide bonds. The zero-order valence-corrected chi connectivity index (χ0v) is 11.0. The van der Waals surface area contributed by atoms with Crippen LogP contribution in [0.4, 0.5) is 4.39 Å². The van der Waals surface area contributed by atoms with Crippen LogP contribution in [0.3, 0.4) is 0 Å². The van der Waals surface area contributed by atoms with Crippen molar-refractivity contribution in [3.8, 4) is 0 Å². The van der Waals surface area contributed by atoms with E-state index in [0.29, 0.717) is 6.42 Å². The van der Waals surface area contributed by atoms with E-state index in [-0.39, 0.29) is 22.3 Å². The molecule has 1 nitrogen and oxygen atoms in total. The summed E-state index contributed by atoms with van der Waals surface area (Å²) in [6.45, 7) is 0. The van der Waals surface area contributed by atoms with E-state index in [1.165, 1.54) is 23.3 Å². The molecular weight excluding hydrogens is 263 g/mol. The second kappa shape index (κ2) is 4.78. The Bertz CT molecular complexity index is 631. The van der Waals surface area contributed by atoms with Crippen LogP contribution in [0.2, 0.25) is 5.02 Å². The third kappa shape index (κ3) is 2.17. The van der Waals surface area contributed by atoms with Gasteiger partial charge >= 0.3 is 0 Å². The first-order chi connectivity index (χ1) is 9.16. The Morgan fingerprint density at radius 1 is 1.21 bits per heavy atom. The van der Waals surface area contributed by atoms with Crippen LogP contribution in [0.1, 0.15) is 33.8 Å². The van der Waals surface area contributed by atoms with Crippen LogP contribution in [0.5, 0.6) is 0 Å². The maximum atomic E-state index is 13.7. The molecular formula is C16H12ClFO. The predicted octanol–water partition coefficient (Wildman–Crippen LogP) is 4.39. The van der Waals surface area contributed by atoms with E-state index in [2.05, 4.69) is 6.07 Å². The molecule has 1 aliphatic rings. The molecule has 0 fully saturated rings. The molecule has 1 aliphatic carbocycles. The van der Waals surface area contributed by atoms with Crippen molar-refractivity contribution in [3.63, 3.8) is 0 Å². The minimum absolute atomic E-state index is 0.0218. The molecule has 2 aromatic rings. The Balaban J connectivity index is 1.81. The van der Waals surface area contributed by atoms with Crippen molar-refractivity contribution >= 4 is 17.4 Å². The molecule has 0 N–H and O–H groups in total. The fraction of sp³-hybridized carbons (Fsp3) is 0.188. The van der Waals surface area contributed by atoms with Gasteiger partial charge in [-0.15, -0.1) is 0 Å². The number of rotatable bonds is 3. The second-order valence-corrected chi connectivity index (χ2v) is 5.23. The Morgan fingerprint density at radius 2 is 2.00 bits per heavy atom. The Labute approximate surface area is 116 Å². The van der Waals surface area contributed by atoms with Gasteiger partial charge in [-0.2, -0.15) is 0 Å². The minimum Gasteiger partial charge on any atom is -0.294 e. The van der Waals surface area contributed by atoms with E-state index in [1.807, 2.05) is 18.2 Å². The predicted molar refractivity (Wildman–Crippen MR) is 73.2 cm³/mol. The van der Waals surface area contributed by atoms with Crippen molar-refractivity contribution in [1.82, 2.24) is 0 Å². The van der Waals surface area contributed by atoms with Gasteiger partial charge in [-0.1, -0.05) is 41.9 Å². The molecule has 3 rings (SSSR count). The highest BCUT2D eigenvalue weighted by atomic mass is 35.5. The fourth-order valence-corrected chi connectivity index (χ4v) is 2.90. The summed E-state index contributed by atoms with van der Waals surface area (Å²) in [5.74, 6) is -0.563. The molecule has 0 heterocycles. The molecule has 0 bridgehead atoms. The molecule has 2 aromatic carbocycles. The minimum atomic E-state index is -0.537. The summed E-state index contributed by atoms with van der Waals surface area (Å²) in [6, 6.07) is 12.4. The van der Waals surface area contributed by atoms with E-state index in [4.69, 9.17) is 11.6 Å². The van der Waals surface area contributed by atoms with Crippen molar-refractivity contribution in [3.05, 3.63) is 70.0 Å². The van der Waals surface area contributed by atoms with Crippen molar-refractivity contribution in [2.45, 2.75) is 18.8 Å². The molecule has 0 aromatic heterocycles. The Kier molecular flexibility index (Phi) is 3.11. The van der Waals surface area contributed by atoms with Gasteiger partial charge in [-0.25, -0.2) is 4.39 Å². The van der Waals surface area contributed by atoms with Crippen LogP contribution in [-0.4, -0.2) is 5.78 Å². The van der Waals surface area contributed by atoms with Gasteiger partial charge in [-0.05, 0) is 35.6 Å². The number of hydrogen-bond acceptors (Lipinski definition) is 1. The molecule has 1 atom stereocenters. The lowest BCUT2D eigenvalue weighted by atomic mass is 9.74. The summed E-state index contributed by atoms with van der Waals surface area (Å²) in [7, 11) is 0. The summed E-state index contributed by atoms with van der Waals surface area (Å²) in [6.07, 6.45) is 1.20. The maximum absolute atomic E-state index is 13.7. The molecule has 1 unspecified atom stereocenters. The maximum Gasteiger partial charge on any atom is 0.167 e. The van der Waals surface area contributed by atoms with Crippen LogP contribution in [0, 0.1) is 5.82 Å². The lowest BCUT2D eigenvalue weighted by Gasteiger charge is -2.29. The first kappa shape index (κ1) is 12.4. The zero-order chi connectivity index (χ0) is 13.4. The third-order valence-electron chi connectivity index (χ3n) is 3.63. The highest BCUT2D eigenvalue weighted by Crippen LogP contribution is 2.38. The van der Waals surface area contributed by atoms with Gasteiger partial charge in [0.25, 0.3) is 0 Å². The fourth-order valence-electron chi connectivity index (χ4n) is 2.63. The van der Waals surface area contributed by atoms with Crippen molar-refractivity contribution < 1.29 is 9.18 Å². The summed E-state index contributed by atoms with van der Waals surface area (Å²) in [4.78, 5) is 12.2. The number of hydrogen-bond donors (Lipinski definition) is 0. The van der Waals surface area contributed by atoms with E-state index in [0.717, 1.165) is 6.42 Å². The zero-order valence-electron chi connectivity index (χ0n) is 10.2. The van der Waals surface area contributed by atoms with Gasteiger partial charge in [0, 0.05) is 6.42 Å². The number of carbonyl (C=O) groups excluding carboxylic acids is 1. The van der Waals surface area contributed by atoms with E-state index in [9.17, 15) is 9.18 Å². The van der Waals surface area contributed by atoms with Gasteiger partial charge in [0.1, 0.15) is 5.82 Å². The van der Waals surface area contributed by atoms with Gasteiger partial charge in [0.2, 0.25) is 0 Å². The van der Waals surface area contributed by atoms with Gasteiger partial charge in [-0.3, -0.25) is 4.79 Å². The largest absolute Gasteiger partial charge is 0.294 e. The normalized spacial score (nSPS) is 16.6. The number of halogens is 2. The van der Waals surface area contributed by atoms with Crippen LogP contribution in [0.15, 0.2) is 42.5 Å². The number of fused-ring (bicyclic) bond motifs is 1. The van der Waals surface area contributed by atoms with E-state index < -0.39 is 5.82 Å². The highest BCUT2D eigenvalue weighted by Gasteiger charge is 2.29.